The predicted molar refractivity (Wildman–Crippen MR) is 69.1 cm³/mol. The van der Waals surface area contributed by atoms with Crippen molar-refractivity contribution in [2.45, 2.75) is 71.0 Å². The molecule has 0 radical (unpaired) electrons. The highest BCUT2D eigenvalue weighted by molar-refractivity contribution is 4.94. The molecular weight excluding hydrogens is 196 g/mol. The molecule has 1 saturated carbocycles. The monoisotopic (exact) mass is 224 g/mol. The summed E-state index contributed by atoms with van der Waals surface area (Å²) in [5.41, 5.74) is 6.80. The normalized spacial score (nSPS) is 37.1. The first-order chi connectivity index (χ1) is 7.56. The Morgan fingerprint density at radius 2 is 1.88 bits per heavy atom. The summed E-state index contributed by atoms with van der Waals surface area (Å²) in [6.45, 7) is 8.18. The second-order valence-corrected chi connectivity index (χ2v) is 6.35. The van der Waals surface area contributed by atoms with Crippen LogP contribution >= 0.6 is 0 Å². The maximum absolute atomic E-state index is 6.52. The Morgan fingerprint density at radius 1 is 1.19 bits per heavy atom. The number of fused-ring (bicyclic) bond motifs is 1. The van der Waals surface area contributed by atoms with Crippen LogP contribution in [-0.4, -0.2) is 23.1 Å². The lowest BCUT2D eigenvalue weighted by molar-refractivity contribution is -0.0342. The summed E-state index contributed by atoms with van der Waals surface area (Å²) in [6, 6.07) is 0. The lowest BCUT2D eigenvalue weighted by atomic mass is 9.72. The SMILES string of the molecule is CCC(C)(C)N1CCC2CCCCC2C1N. The molecule has 2 nitrogen and oxygen atoms in total. The molecule has 16 heavy (non-hydrogen) atoms. The van der Waals surface area contributed by atoms with Crippen LogP contribution in [0.4, 0.5) is 0 Å². The second kappa shape index (κ2) is 4.66. The van der Waals surface area contributed by atoms with Crippen molar-refractivity contribution in [1.82, 2.24) is 4.90 Å². The third kappa shape index (κ3) is 2.14. The van der Waals surface area contributed by atoms with Crippen molar-refractivity contribution in [3.8, 4) is 0 Å². The average Bonchev–Trinajstić information content (AvgIpc) is 2.29. The molecule has 0 aromatic carbocycles. The van der Waals surface area contributed by atoms with Crippen molar-refractivity contribution in [3.63, 3.8) is 0 Å². The minimum absolute atomic E-state index is 0.280. The molecule has 1 heterocycles. The molecule has 2 fully saturated rings. The Morgan fingerprint density at radius 3 is 2.56 bits per heavy atom. The Balaban J connectivity index is 2.08. The van der Waals surface area contributed by atoms with Gasteiger partial charge in [0, 0.05) is 12.1 Å². The van der Waals surface area contributed by atoms with Crippen molar-refractivity contribution in [3.05, 3.63) is 0 Å². The van der Waals surface area contributed by atoms with Gasteiger partial charge in [-0.25, -0.2) is 0 Å². The van der Waals surface area contributed by atoms with Crippen LogP contribution in [0, 0.1) is 11.8 Å². The van der Waals surface area contributed by atoms with E-state index < -0.39 is 0 Å². The summed E-state index contributed by atoms with van der Waals surface area (Å²) >= 11 is 0. The average molecular weight is 224 g/mol. The molecule has 2 heteroatoms. The Hall–Kier alpha value is -0.0800. The molecule has 1 aliphatic carbocycles. The predicted octanol–water partition coefficient (Wildman–Crippen LogP) is 2.97. The Bertz CT molecular complexity index is 237. The zero-order valence-electron chi connectivity index (χ0n) is 11.2. The molecule has 2 rings (SSSR count). The van der Waals surface area contributed by atoms with E-state index in [1.54, 1.807) is 0 Å². The van der Waals surface area contributed by atoms with E-state index in [2.05, 4.69) is 25.7 Å². The first-order valence-corrected chi connectivity index (χ1v) is 7.08. The van der Waals surface area contributed by atoms with Gasteiger partial charge < -0.3 is 5.73 Å². The van der Waals surface area contributed by atoms with Crippen LogP contribution in [0.5, 0.6) is 0 Å². The summed E-state index contributed by atoms with van der Waals surface area (Å²) in [7, 11) is 0. The largest absolute Gasteiger partial charge is 0.315 e. The van der Waals surface area contributed by atoms with Crippen molar-refractivity contribution < 1.29 is 0 Å². The van der Waals surface area contributed by atoms with Gasteiger partial charge in [-0.2, -0.15) is 0 Å². The molecule has 94 valence electrons. The maximum atomic E-state index is 6.52. The van der Waals surface area contributed by atoms with Crippen LogP contribution in [0.25, 0.3) is 0 Å². The summed E-state index contributed by atoms with van der Waals surface area (Å²) in [4.78, 5) is 2.57. The third-order valence-electron chi connectivity index (χ3n) is 5.15. The van der Waals surface area contributed by atoms with Gasteiger partial charge in [-0.1, -0.05) is 26.2 Å². The zero-order valence-corrected chi connectivity index (χ0v) is 11.2. The van der Waals surface area contributed by atoms with Crippen LogP contribution in [0.2, 0.25) is 0 Å². The van der Waals surface area contributed by atoms with Gasteiger partial charge in [0.25, 0.3) is 0 Å². The number of hydrogen-bond acceptors (Lipinski definition) is 2. The van der Waals surface area contributed by atoms with E-state index in [1.807, 2.05) is 0 Å². The Kier molecular flexibility index (Phi) is 3.60. The van der Waals surface area contributed by atoms with E-state index >= 15 is 0 Å². The van der Waals surface area contributed by atoms with Gasteiger partial charge in [-0.15, -0.1) is 0 Å². The summed E-state index contributed by atoms with van der Waals surface area (Å²) in [5.74, 6) is 1.70. The third-order valence-corrected chi connectivity index (χ3v) is 5.15. The summed E-state index contributed by atoms with van der Waals surface area (Å²) in [5, 5.41) is 0. The molecule has 3 atom stereocenters. The molecule has 0 amide bonds. The quantitative estimate of drug-likeness (QED) is 0.781. The van der Waals surface area contributed by atoms with E-state index in [4.69, 9.17) is 5.73 Å². The standard InChI is InChI=1S/C14H28N2/c1-4-14(2,3)16-10-9-11-7-5-6-8-12(11)13(16)15/h11-13H,4-10,15H2,1-3H3. The minimum Gasteiger partial charge on any atom is -0.315 e. The van der Waals surface area contributed by atoms with Crippen LogP contribution in [0.15, 0.2) is 0 Å². The fourth-order valence-electron chi connectivity index (χ4n) is 3.64. The van der Waals surface area contributed by atoms with Gasteiger partial charge in [0.05, 0.1) is 6.17 Å². The molecular formula is C14H28N2. The van der Waals surface area contributed by atoms with Crippen LogP contribution in [0.1, 0.15) is 59.3 Å². The van der Waals surface area contributed by atoms with Crippen LogP contribution in [0.3, 0.4) is 0 Å². The summed E-state index contributed by atoms with van der Waals surface area (Å²) < 4.78 is 0. The number of nitrogens with two attached hydrogens (primary N) is 1. The molecule has 1 saturated heterocycles. The lowest BCUT2D eigenvalue weighted by Crippen LogP contribution is -2.61. The smallest absolute Gasteiger partial charge is 0.0607 e. The fourth-order valence-corrected chi connectivity index (χ4v) is 3.64. The zero-order chi connectivity index (χ0) is 11.8. The van der Waals surface area contributed by atoms with Crippen LogP contribution < -0.4 is 5.73 Å². The van der Waals surface area contributed by atoms with Gasteiger partial charge in [0.15, 0.2) is 0 Å². The Labute approximate surface area is 101 Å². The van der Waals surface area contributed by atoms with E-state index in [9.17, 15) is 0 Å². The first kappa shape index (κ1) is 12.4. The number of piperidine rings is 1. The number of hydrogen-bond donors (Lipinski definition) is 1. The topological polar surface area (TPSA) is 29.3 Å². The van der Waals surface area contributed by atoms with Crippen LogP contribution in [-0.2, 0) is 0 Å². The van der Waals surface area contributed by atoms with Gasteiger partial charge >= 0.3 is 0 Å². The van der Waals surface area contributed by atoms with E-state index in [1.165, 1.54) is 45.1 Å². The lowest BCUT2D eigenvalue weighted by Gasteiger charge is -2.52. The molecule has 2 aliphatic rings. The van der Waals surface area contributed by atoms with E-state index in [0.717, 1.165) is 11.8 Å². The molecule has 1 aliphatic heterocycles. The van der Waals surface area contributed by atoms with Crippen molar-refractivity contribution in [1.29, 1.82) is 0 Å². The second-order valence-electron chi connectivity index (χ2n) is 6.35. The highest BCUT2D eigenvalue weighted by Crippen LogP contribution is 2.40. The highest BCUT2D eigenvalue weighted by Gasteiger charge is 2.41. The van der Waals surface area contributed by atoms with Crippen molar-refractivity contribution in [2.24, 2.45) is 17.6 Å². The first-order valence-electron chi connectivity index (χ1n) is 7.08. The number of nitrogens with zero attached hydrogens (tertiary/aromatic N) is 1. The number of likely N-dealkylation sites (tertiary alicyclic amines) is 1. The van der Waals surface area contributed by atoms with E-state index in [-0.39, 0.29) is 5.54 Å². The maximum Gasteiger partial charge on any atom is 0.0607 e. The van der Waals surface area contributed by atoms with Gasteiger partial charge in [-0.05, 0) is 44.9 Å². The minimum atomic E-state index is 0.280. The molecule has 0 aromatic heterocycles. The van der Waals surface area contributed by atoms with Crippen molar-refractivity contribution >= 4 is 0 Å². The molecule has 0 bridgehead atoms. The van der Waals surface area contributed by atoms with Gasteiger partial charge in [-0.3, -0.25) is 4.90 Å². The molecule has 0 aromatic rings. The highest BCUT2D eigenvalue weighted by atomic mass is 15.3. The summed E-state index contributed by atoms with van der Waals surface area (Å²) in [6.07, 6.45) is 8.51. The fraction of sp³-hybridized carbons (Fsp3) is 1.00. The van der Waals surface area contributed by atoms with E-state index in [0.29, 0.717) is 6.17 Å². The van der Waals surface area contributed by atoms with Gasteiger partial charge in [0.2, 0.25) is 0 Å². The number of rotatable bonds is 2. The molecule has 2 N–H and O–H groups in total. The molecule has 0 spiro atoms. The van der Waals surface area contributed by atoms with Crippen molar-refractivity contribution in [2.75, 3.05) is 6.54 Å². The van der Waals surface area contributed by atoms with Gasteiger partial charge in [0.1, 0.15) is 0 Å². The molecule has 3 unspecified atom stereocenters.